The van der Waals surface area contributed by atoms with Crippen LogP contribution in [0, 0.1) is 11.8 Å². The summed E-state index contributed by atoms with van der Waals surface area (Å²) in [6.45, 7) is 3.69. The second kappa shape index (κ2) is 3.09. The number of fused-ring (bicyclic) bond motifs is 4. The summed E-state index contributed by atoms with van der Waals surface area (Å²) in [5.41, 5.74) is 1.34. The second-order valence-corrected chi connectivity index (χ2v) is 4.54. The van der Waals surface area contributed by atoms with Gasteiger partial charge in [-0.15, -0.1) is 0 Å². The van der Waals surface area contributed by atoms with E-state index >= 15 is 0 Å². The summed E-state index contributed by atoms with van der Waals surface area (Å²) >= 11 is 0. The Balaban J connectivity index is 1.90. The molecule has 3 aliphatic heterocycles. The first-order valence-corrected chi connectivity index (χ1v) is 5.35. The molecular weight excluding hydrogens is 179 g/mol. The third kappa shape index (κ3) is 1.27. The van der Waals surface area contributed by atoms with E-state index in [0.717, 1.165) is 25.6 Å². The molecule has 2 nitrogen and oxygen atoms in total. The Labute approximate surface area is 83.5 Å². The van der Waals surface area contributed by atoms with E-state index in [0.29, 0.717) is 12.5 Å². The number of nitrogens with zero attached hydrogens (tertiary/aromatic N) is 1. The minimum Gasteiger partial charge on any atom is -0.368 e. The maximum absolute atomic E-state index is 13.1. The molecule has 14 heavy (non-hydrogen) atoms. The fourth-order valence-electron chi connectivity index (χ4n) is 2.88. The lowest BCUT2D eigenvalue weighted by Crippen LogP contribution is -2.50. The zero-order valence-corrected chi connectivity index (χ0v) is 8.17. The molecule has 2 bridgehead atoms. The minimum atomic E-state index is 0.00156. The predicted octanol–water partition coefficient (Wildman–Crippen LogP) is 1.28. The molecule has 2 unspecified atom stereocenters. The number of piperidine rings is 2. The van der Waals surface area contributed by atoms with Crippen molar-refractivity contribution in [3.8, 4) is 0 Å². The maximum Gasteiger partial charge on any atom is 0.119 e. The van der Waals surface area contributed by atoms with Crippen LogP contribution in [0.15, 0.2) is 23.7 Å². The Hall–Kier alpha value is -0.830. The number of allylic oxidation sites excluding steroid dienone is 2. The molecule has 3 heteroatoms. The summed E-state index contributed by atoms with van der Waals surface area (Å²) in [6, 6.07) is 0. The number of hydrogen-bond donors (Lipinski definition) is 1. The third-order valence-electron chi connectivity index (χ3n) is 3.48. The monoisotopic (exact) mass is 194 g/mol. The molecule has 2 atom stereocenters. The largest absolute Gasteiger partial charge is 0.368 e. The molecule has 2 fully saturated rings. The average molecular weight is 194 g/mol. The van der Waals surface area contributed by atoms with Crippen LogP contribution in [-0.2, 0) is 0 Å². The summed E-state index contributed by atoms with van der Waals surface area (Å²) in [6.07, 6.45) is 4.87. The highest BCUT2D eigenvalue weighted by molar-refractivity contribution is 5.25. The molecule has 0 spiro atoms. The topological polar surface area (TPSA) is 15.3 Å². The zero-order chi connectivity index (χ0) is 9.54. The van der Waals surface area contributed by atoms with Crippen LogP contribution in [0.1, 0.15) is 6.42 Å². The van der Waals surface area contributed by atoms with Gasteiger partial charge in [-0.3, -0.25) is 0 Å². The first kappa shape index (κ1) is 8.48. The van der Waals surface area contributed by atoms with E-state index in [1.807, 2.05) is 6.08 Å². The standard InChI is InChI=1S/C11H15FN2/c12-10-1-2-11-9-3-8(4-13-5-9)6-14(11)7-10/h1-2,8-9,13H,3-7H2. The summed E-state index contributed by atoms with van der Waals surface area (Å²) in [4.78, 5) is 2.22. The van der Waals surface area contributed by atoms with Gasteiger partial charge in [-0.1, -0.05) is 0 Å². The van der Waals surface area contributed by atoms with Crippen LogP contribution in [0.25, 0.3) is 0 Å². The van der Waals surface area contributed by atoms with Crippen LogP contribution in [0.2, 0.25) is 0 Å². The number of nitrogens with one attached hydrogen (secondary N) is 1. The van der Waals surface area contributed by atoms with Gasteiger partial charge in [0.1, 0.15) is 5.83 Å². The van der Waals surface area contributed by atoms with Gasteiger partial charge in [-0.2, -0.15) is 0 Å². The van der Waals surface area contributed by atoms with Gasteiger partial charge in [0.15, 0.2) is 0 Å². The molecule has 3 rings (SSSR count). The molecule has 2 saturated heterocycles. The molecule has 0 amide bonds. The van der Waals surface area contributed by atoms with Crippen molar-refractivity contribution in [3.63, 3.8) is 0 Å². The van der Waals surface area contributed by atoms with E-state index in [9.17, 15) is 4.39 Å². The van der Waals surface area contributed by atoms with Crippen LogP contribution >= 0.6 is 0 Å². The van der Waals surface area contributed by atoms with Gasteiger partial charge in [0.2, 0.25) is 0 Å². The van der Waals surface area contributed by atoms with Crippen LogP contribution in [0.4, 0.5) is 4.39 Å². The number of rotatable bonds is 0. The van der Waals surface area contributed by atoms with Crippen molar-refractivity contribution < 1.29 is 4.39 Å². The normalized spacial score (nSPS) is 35.9. The Morgan fingerprint density at radius 3 is 3.21 bits per heavy atom. The van der Waals surface area contributed by atoms with Crippen LogP contribution in [0.5, 0.6) is 0 Å². The lowest BCUT2D eigenvalue weighted by atomic mass is 9.82. The summed E-state index contributed by atoms with van der Waals surface area (Å²) in [5, 5.41) is 3.45. The fraction of sp³-hybridized carbons (Fsp3) is 0.636. The van der Waals surface area contributed by atoms with Crippen LogP contribution in [0.3, 0.4) is 0 Å². The Morgan fingerprint density at radius 1 is 1.36 bits per heavy atom. The summed E-state index contributed by atoms with van der Waals surface area (Å²) < 4.78 is 13.1. The zero-order valence-electron chi connectivity index (χ0n) is 8.17. The number of halogens is 1. The highest BCUT2D eigenvalue weighted by Gasteiger charge is 2.34. The van der Waals surface area contributed by atoms with Gasteiger partial charge in [-0.25, -0.2) is 4.39 Å². The van der Waals surface area contributed by atoms with Crippen molar-refractivity contribution in [3.05, 3.63) is 23.7 Å². The molecular formula is C11H15FN2. The van der Waals surface area contributed by atoms with Gasteiger partial charge in [-0.05, 0) is 31.0 Å². The van der Waals surface area contributed by atoms with Gasteiger partial charge in [0.25, 0.3) is 0 Å². The molecule has 0 aliphatic carbocycles. The number of hydrogen-bond acceptors (Lipinski definition) is 2. The molecule has 0 aromatic heterocycles. The first-order chi connectivity index (χ1) is 6.83. The fourth-order valence-corrected chi connectivity index (χ4v) is 2.88. The van der Waals surface area contributed by atoms with Gasteiger partial charge in [0.05, 0.1) is 6.54 Å². The predicted molar refractivity (Wildman–Crippen MR) is 53.3 cm³/mol. The van der Waals surface area contributed by atoms with Gasteiger partial charge in [0, 0.05) is 24.7 Å². The van der Waals surface area contributed by atoms with Crippen molar-refractivity contribution in [2.24, 2.45) is 11.8 Å². The van der Waals surface area contributed by atoms with Crippen LogP contribution in [-0.4, -0.2) is 31.1 Å². The van der Waals surface area contributed by atoms with E-state index < -0.39 is 0 Å². The van der Waals surface area contributed by atoms with E-state index in [-0.39, 0.29) is 5.83 Å². The van der Waals surface area contributed by atoms with E-state index in [4.69, 9.17) is 0 Å². The maximum atomic E-state index is 13.1. The van der Waals surface area contributed by atoms with Crippen molar-refractivity contribution in [1.29, 1.82) is 0 Å². The lowest BCUT2D eigenvalue weighted by molar-refractivity contribution is 0.148. The molecule has 0 saturated carbocycles. The van der Waals surface area contributed by atoms with Crippen molar-refractivity contribution in [1.82, 2.24) is 10.2 Å². The van der Waals surface area contributed by atoms with E-state index in [1.54, 1.807) is 6.08 Å². The highest BCUT2D eigenvalue weighted by Crippen LogP contribution is 2.34. The molecule has 0 radical (unpaired) electrons. The Morgan fingerprint density at radius 2 is 2.29 bits per heavy atom. The van der Waals surface area contributed by atoms with Gasteiger partial charge < -0.3 is 10.2 Å². The van der Waals surface area contributed by atoms with Gasteiger partial charge >= 0.3 is 0 Å². The van der Waals surface area contributed by atoms with E-state index in [2.05, 4.69) is 10.2 Å². The Kier molecular flexibility index (Phi) is 1.87. The molecule has 76 valence electrons. The lowest BCUT2D eigenvalue weighted by Gasteiger charge is -2.45. The molecule has 0 aromatic carbocycles. The summed E-state index contributed by atoms with van der Waals surface area (Å²) in [7, 11) is 0. The third-order valence-corrected chi connectivity index (χ3v) is 3.48. The molecule has 0 aromatic rings. The first-order valence-electron chi connectivity index (χ1n) is 5.35. The highest BCUT2D eigenvalue weighted by atomic mass is 19.1. The average Bonchev–Trinajstić information content (AvgIpc) is 2.17. The Bertz CT molecular complexity index is 304. The smallest absolute Gasteiger partial charge is 0.119 e. The van der Waals surface area contributed by atoms with Crippen LogP contribution < -0.4 is 5.32 Å². The quantitative estimate of drug-likeness (QED) is 0.625. The summed E-state index contributed by atoms with van der Waals surface area (Å²) in [5.74, 6) is 1.34. The van der Waals surface area contributed by atoms with E-state index in [1.165, 1.54) is 12.1 Å². The molecule has 3 aliphatic rings. The second-order valence-electron chi connectivity index (χ2n) is 4.54. The van der Waals surface area contributed by atoms with Crippen molar-refractivity contribution in [2.75, 3.05) is 26.2 Å². The SMILES string of the molecule is FC1=CC=C2C3CNCC(C3)CN2C1. The molecule has 3 heterocycles. The van der Waals surface area contributed by atoms with Crippen molar-refractivity contribution >= 4 is 0 Å². The van der Waals surface area contributed by atoms with Crippen molar-refractivity contribution in [2.45, 2.75) is 6.42 Å². The molecule has 1 N–H and O–H groups in total. The minimum absolute atomic E-state index is 0.00156.